The summed E-state index contributed by atoms with van der Waals surface area (Å²) in [6.07, 6.45) is 1.98. The highest BCUT2D eigenvalue weighted by atomic mass is 31.2. The lowest BCUT2D eigenvalue weighted by Gasteiger charge is -2.16. The summed E-state index contributed by atoms with van der Waals surface area (Å²) in [5.74, 6) is 0. The van der Waals surface area contributed by atoms with Crippen molar-refractivity contribution in [2.45, 2.75) is 12.8 Å². The van der Waals surface area contributed by atoms with E-state index in [1.54, 1.807) is 0 Å². The largest absolute Gasteiger partial charge is 0.314 e. The van der Waals surface area contributed by atoms with E-state index in [2.05, 4.69) is 12.1 Å². The molecular formula is C15H15OP. The molecule has 0 bridgehead atoms. The van der Waals surface area contributed by atoms with Gasteiger partial charge in [-0.05, 0) is 30.6 Å². The van der Waals surface area contributed by atoms with Crippen LogP contribution in [0.5, 0.6) is 0 Å². The van der Waals surface area contributed by atoms with E-state index in [-0.39, 0.29) is 0 Å². The second-order valence-corrected chi connectivity index (χ2v) is 7.49. The van der Waals surface area contributed by atoms with Gasteiger partial charge < -0.3 is 4.57 Å². The number of rotatable bonds is 0. The highest BCUT2D eigenvalue weighted by molar-refractivity contribution is 7.78. The van der Waals surface area contributed by atoms with Gasteiger partial charge in [0, 0.05) is 10.6 Å². The Hall–Kier alpha value is -1.33. The number of aryl methyl sites for hydroxylation is 2. The summed E-state index contributed by atoms with van der Waals surface area (Å²) >= 11 is 0. The Morgan fingerprint density at radius 1 is 0.824 bits per heavy atom. The lowest BCUT2D eigenvalue weighted by Crippen LogP contribution is -2.17. The van der Waals surface area contributed by atoms with Crippen LogP contribution in [0.15, 0.2) is 48.5 Å². The molecule has 0 atom stereocenters. The van der Waals surface area contributed by atoms with Gasteiger partial charge in [0.15, 0.2) is 0 Å². The number of fused-ring (bicyclic) bond motifs is 2. The highest BCUT2D eigenvalue weighted by Crippen LogP contribution is 2.42. The van der Waals surface area contributed by atoms with E-state index < -0.39 is 7.14 Å². The Bertz CT molecular complexity index is 564. The van der Waals surface area contributed by atoms with Crippen LogP contribution in [0.3, 0.4) is 0 Å². The fourth-order valence-corrected chi connectivity index (χ4v) is 5.15. The lowest BCUT2D eigenvalue weighted by atomic mass is 10.0. The Morgan fingerprint density at radius 2 is 1.24 bits per heavy atom. The van der Waals surface area contributed by atoms with E-state index in [1.807, 2.05) is 43.1 Å². The van der Waals surface area contributed by atoms with Gasteiger partial charge in [0.05, 0.1) is 0 Å². The Labute approximate surface area is 102 Å². The second-order valence-electron chi connectivity index (χ2n) is 4.68. The molecule has 0 fully saturated rings. The molecule has 1 aliphatic rings. The topological polar surface area (TPSA) is 17.1 Å². The minimum atomic E-state index is -2.41. The molecule has 1 nitrogen and oxygen atoms in total. The standard InChI is InChI=1S/C15H15OP/c1-17(16)14-8-4-2-6-12(14)10-11-13-7-3-5-9-15(13)17/h2-9H,10-11H2,1H3. The van der Waals surface area contributed by atoms with Crippen molar-refractivity contribution in [1.82, 2.24) is 0 Å². The third-order valence-electron chi connectivity index (χ3n) is 3.57. The summed E-state index contributed by atoms with van der Waals surface area (Å²) in [6.45, 7) is 1.90. The van der Waals surface area contributed by atoms with E-state index in [9.17, 15) is 4.57 Å². The SMILES string of the molecule is CP1(=O)c2ccccc2CCc2ccccc21. The van der Waals surface area contributed by atoms with Crippen molar-refractivity contribution in [1.29, 1.82) is 0 Å². The summed E-state index contributed by atoms with van der Waals surface area (Å²) in [4.78, 5) is 0. The number of hydrogen-bond acceptors (Lipinski definition) is 1. The van der Waals surface area contributed by atoms with Crippen LogP contribution >= 0.6 is 7.14 Å². The summed E-state index contributed by atoms with van der Waals surface area (Å²) in [7, 11) is -2.41. The van der Waals surface area contributed by atoms with Crippen LogP contribution in [-0.2, 0) is 17.4 Å². The van der Waals surface area contributed by atoms with Gasteiger partial charge in [-0.2, -0.15) is 0 Å². The average Bonchev–Trinajstić information content (AvgIpc) is 2.47. The monoisotopic (exact) mass is 242 g/mol. The summed E-state index contributed by atoms with van der Waals surface area (Å²) in [5, 5.41) is 2.09. The molecule has 1 aliphatic heterocycles. The Morgan fingerprint density at radius 3 is 1.71 bits per heavy atom. The van der Waals surface area contributed by atoms with Gasteiger partial charge in [-0.3, -0.25) is 0 Å². The van der Waals surface area contributed by atoms with Gasteiger partial charge in [-0.25, -0.2) is 0 Å². The van der Waals surface area contributed by atoms with Gasteiger partial charge in [0.2, 0.25) is 0 Å². The van der Waals surface area contributed by atoms with Crippen LogP contribution in [0, 0.1) is 0 Å². The van der Waals surface area contributed by atoms with Gasteiger partial charge in [-0.15, -0.1) is 0 Å². The summed E-state index contributed by atoms with van der Waals surface area (Å²) in [5.41, 5.74) is 2.49. The first kappa shape index (κ1) is 10.8. The molecule has 86 valence electrons. The molecule has 0 aliphatic carbocycles. The highest BCUT2D eigenvalue weighted by Gasteiger charge is 2.28. The molecule has 2 heteroatoms. The van der Waals surface area contributed by atoms with Crippen LogP contribution in [0.4, 0.5) is 0 Å². The first-order chi connectivity index (χ1) is 8.19. The molecule has 0 amide bonds. The van der Waals surface area contributed by atoms with E-state index in [0.717, 1.165) is 23.5 Å². The Balaban J connectivity index is 2.31. The van der Waals surface area contributed by atoms with Crippen molar-refractivity contribution in [3.63, 3.8) is 0 Å². The van der Waals surface area contributed by atoms with Gasteiger partial charge in [-0.1, -0.05) is 48.5 Å². The van der Waals surface area contributed by atoms with Gasteiger partial charge in [0.1, 0.15) is 7.14 Å². The molecule has 0 unspecified atom stereocenters. The minimum absolute atomic E-state index is 0.991. The molecule has 2 aromatic rings. The van der Waals surface area contributed by atoms with Crippen molar-refractivity contribution in [3.8, 4) is 0 Å². The minimum Gasteiger partial charge on any atom is -0.314 e. The predicted octanol–water partition coefficient (Wildman–Crippen LogP) is 2.73. The van der Waals surface area contributed by atoms with E-state index >= 15 is 0 Å². The quantitative estimate of drug-likeness (QED) is 0.649. The molecule has 17 heavy (non-hydrogen) atoms. The second kappa shape index (κ2) is 3.85. The molecule has 1 heterocycles. The van der Waals surface area contributed by atoms with E-state index in [4.69, 9.17) is 0 Å². The fourth-order valence-electron chi connectivity index (χ4n) is 2.68. The maximum absolute atomic E-state index is 13.1. The number of hydrogen-bond donors (Lipinski definition) is 0. The van der Waals surface area contributed by atoms with Crippen LogP contribution in [0.1, 0.15) is 11.1 Å². The molecule has 2 aromatic carbocycles. The third-order valence-corrected chi connectivity index (χ3v) is 6.28. The normalized spacial score (nSPS) is 16.8. The third kappa shape index (κ3) is 1.66. The fraction of sp³-hybridized carbons (Fsp3) is 0.200. The molecule has 0 saturated heterocycles. The molecular weight excluding hydrogens is 227 g/mol. The zero-order valence-electron chi connectivity index (χ0n) is 9.89. The van der Waals surface area contributed by atoms with Crippen molar-refractivity contribution in [3.05, 3.63) is 59.7 Å². The van der Waals surface area contributed by atoms with Crippen LogP contribution in [-0.4, -0.2) is 6.66 Å². The zero-order chi connectivity index (χ0) is 11.9. The first-order valence-corrected chi connectivity index (χ1v) is 8.09. The zero-order valence-corrected chi connectivity index (χ0v) is 10.8. The van der Waals surface area contributed by atoms with Crippen LogP contribution in [0.2, 0.25) is 0 Å². The van der Waals surface area contributed by atoms with Crippen molar-refractivity contribution >= 4 is 17.8 Å². The molecule has 0 spiro atoms. The summed E-state index contributed by atoms with van der Waals surface area (Å²) < 4.78 is 13.1. The van der Waals surface area contributed by atoms with Crippen molar-refractivity contribution < 1.29 is 4.57 Å². The van der Waals surface area contributed by atoms with Gasteiger partial charge in [0.25, 0.3) is 0 Å². The van der Waals surface area contributed by atoms with Crippen LogP contribution < -0.4 is 10.6 Å². The molecule has 3 rings (SSSR count). The van der Waals surface area contributed by atoms with Crippen molar-refractivity contribution in [2.24, 2.45) is 0 Å². The smallest absolute Gasteiger partial charge is 0.140 e. The Kier molecular flexibility index (Phi) is 2.45. The lowest BCUT2D eigenvalue weighted by molar-refractivity contribution is 0.590. The molecule has 0 radical (unpaired) electrons. The van der Waals surface area contributed by atoms with Gasteiger partial charge >= 0.3 is 0 Å². The van der Waals surface area contributed by atoms with E-state index in [0.29, 0.717) is 0 Å². The predicted molar refractivity (Wildman–Crippen MR) is 73.1 cm³/mol. The van der Waals surface area contributed by atoms with E-state index in [1.165, 1.54) is 11.1 Å². The average molecular weight is 242 g/mol. The number of benzene rings is 2. The van der Waals surface area contributed by atoms with Crippen molar-refractivity contribution in [2.75, 3.05) is 6.66 Å². The molecule has 0 aromatic heterocycles. The maximum atomic E-state index is 13.1. The molecule has 0 saturated carbocycles. The van der Waals surface area contributed by atoms with Crippen LogP contribution in [0.25, 0.3) is 0 Å². The summed E-state index contributed by atoms with van der Waals surface area (Å²) in [6, 6.07) is 16.3. The molecule has 0 N–H and O–H groups in total. The maximum Gasteiger partial charge on any atom is 0.140 e. The first-order valence-electron chi connectivity index (χ1n) is 5.94.